The lowest BCUT2D eigenvalue weighted by atomic mass is 10.2. The molecule has 5 nitrogen and oxygen atoms in total. The van der Waals surface area contributed by atoms with Gasteiger partial charge in [0.25, 0.3) is 5.56 Å². The Kier molecular flexibility index (Phi) is 6.07. The molecular formula is C19H27N3O2S2. The van der Waals surface area contributed by atoms with E-state index < -0.39 is 0 Å². The van der Waals surface area contributed by atoms with Crippen LogP contribution in [0.15, 0.2) is 9.95 Å². The van der Waals surface area contributed by atoms with Crippen LogP contribution in [0.25, 0.3) is 10.2 Å². The van der Waals surface area contributed by atoms with Gasteiger partial charge in [0.2, 0.25) is 5.91 Å². The molecule has 7 heteroatoms. The highest BCUT2D eigenvalue weighted by atomic mass is 32.2. The number of hydrogen-bond donors (Lipinski definition) is 0. The Morgan fingerprint density at radius 2 is 1.92 bits per heavy atom. The third kappa shape index (κ3) is 3.56. The average Bonchev–Trinajstić information content (AvgIpc) is 3.23. The first kappa shape index (κ1) is 19.4. The zero-order chi connectivity index (χ0) is 18.8. The van der Waals surface area contributed by atoms with Crippen molar-refractivity contribution in [3.63, 3.8) is 0 Å². The van der Waals surface area contributed by atoms with Crippen LogP contribution in [0.4, 0.5) is 0 Å². The predicted octanol–water partition coefficient (Wildman–Crippen LogP) is 4.15. The predicted molar refractivity (Wildman–Crippen MR) is 110 cm³/mol. The van der Waals surface area contributed by atoms with Crippen molar-refractivity contribution in [2.75, 3.05) is 18.8 Å². The van der Waals surface area contributed by atoms with Crippen LogP contribution < -0.4 is 5.56 Å². The second kappa shape index (κ2) is 8.13. The number of rotatable bonds is 6. The number of carbonyl (C=O) groups is 1. The highest BCUT2D eigenvalue weighted by Crippen LogP contribution is 2.34. The molecule has 0 spiro atoms. The number of aryl methyl sites for hydroxylation is 2. The normalized spacial score (nSPS) is 15.1. The zero-order valence-electron chi connectivity index (χ0n) is 16.0. The number of amides is 1. The first-order valence-electron chi connectivity index (χ1n) is 9.40. The maximum atomic E-state index is 13.3. The molecule has 1 fully saturated rings. The van der Waals surface area contributed by atoms with Gasteiger partial charge in [0.05, 0.1) is 11.1 Å². The summed E-state index contributed by atoms with van der Waals surface area (Å²) in [5.41, 5.74) is 1.12. The van der Waals surface area contributed by atoms with Crippen LogP contribution in [0, 0.1) is 13.8 Å². The van der Waals surface area contributed by atoms with Gasteiger partial charge in [0.1, 0.15) is 4.83 Å². The summed E-state index contributed by atoms with van der Waals surface area (Å²) in [5, 5.41) is 1.47. The summed E-state index contributed by atoms with van der Waals surface area (Å²) in [4.78, 5) is 34.3. The molecule has 1 saturated carbocycles. The summed E-state index contributed by atoms with van der Waals surface area (Å²) in [6.45, 7) is 9.44. The maximum Gasteiger partial charge on any atom is 0.263 e. The van der Waals surface area contributed by atoms with Gasteiger partial charge in [-0.3, -0.25) is 14.2 Å². The van der Waals surface area contributed by atoms with E-state index in [9.17, 15) is 9.59 Å². The van der Waals surface area contributed by atoms with Gasteiger partial charge >= 0.3 is 0 Å². The minimum atomic E-state index is 0.0709. The van der Waals surface area contributed by atoms with Gasteiger partial charge in [-0.05, 0) is 46.1 Å². The van der Waals surface area contributed by atoms with E-state index in [2.05, 4.69) is 0 Å². The van der Waals surface area contributed by atoms with Crippen molar-refractivity contribution in [1.29, 1.82) is 0 Å². The molecule has 142 valence electrons. The highest BCUT2D eigenvalue weighted by molar-refractivity contribution is 7.99. The van der Waals surface area contributed by atoms with Crippen LogP contribution in [0.2, 0.25) is 0 Å². The Balaban J connectivity index is 2.01. The molecule has 0 aromatic carbocycles. The first-order valence-corrected chi connectivity index (χ1v) is 11.2. The third-order valence-electron chi connectivity index (χ3n) is 5.33. The summed E-state index contributed by atoms with van der Waals surface area (Å²) < 4.78 is 1.88. The van der Waals surface area contributed by atoms with E-state index in [4.69, 9.17) is 4.98 Å². The smallest absolute Gasteiger partial charge is 0.263 e. The van der Waals surface area contributed by atoms with E-state index in [0.29, 0.717) is 24.0 Å². The van der Waals surface area contributed by atoms with Gasteiger partial charge in [-0.15, -0.1) is 11.3 Å². The van der Waals surface area contributed by atoms with Crippen molar-refractivity contribution in [2.45, 2.75) is 64.6 Å². The van der Waals surface area contributed by atoms with Crippen LogP contribution in [-0.4, -0.2) is 39.2 Å². The molecule has 2 aromatic rings. The molecule has 0 aliphatic heterocycles. The van der Waals surface area contributed by atoms with Crippen molar-refractivity contribution < 1.29 is 4.79 Å². The summed E-state index contributed by atoms with van der Waals surface area (Å²) in [6.07, 6.45) is 4.35. The molecule has 0 N–H and O–H groups in total. The van der Waals surface area contributed by atoms with Crippen LogP contribution >= 0.6 is 23.1 Å². The number of carbonyl (C=O) groups excluding carboxylic acids is 1. The Morgan fingerprint density at radius 1 is 1.27 bits per heavy atom. The molecule has 0 saturated heterocycles. The molecule has 1 aliphatic carbocycles. The van der Waals surface area contributed by atoms with E-state index in [1.807, 2.05) is 37.2 Å². The lowest BCUT2D eigenvalue weighted by Gasteiger charge is -2.20. The van der Waals surface area contributed by atoms with Gasteiger partial charge in [-0.1, -0.05) is 24.6 Å². The van der Waals surface area contributed by atoms with Crippen LogP contribution in [0.3, 0.4) is 0 Å². The quantitative estimate of drug-likeness (QED) is 0.546. The molecule has 1 aliphatic rings. The van der Waals surface area contributed by atoms with Gasteiger partial charge in [0, 0.05) is 24.0 Å². The largest absolute Gasteiger partial charge is 0.343 e. The van der Waals surface area contributed by atoms with Crippen molar-refractivity contribution in [3.05, 3.63) is 20.8 Å². The first-order chi connectivity index (χ1) is 12.5. The number of thiophene rings is 1. The molecule has 2 aromatic heterocycles. The molecule has 2 heterocycles. The third-order valence-corrected chi connectivity index (χ3v) is 7.37. The number of thioether (sulfide) groups is 1. The molecule has 26 heavy (non-hydrogen) atoms. The fourth-order valence-electron chi connectivity index (χ4n) is 3.67. The van der Waals surface area contributed by atoms with Crippen molar-refractivity contribution in [1.82, 2.24) is 14.5 Å². The van der Waals surface area contributed by atoms with Crippen LogP contribution in [-0.2, 0) is 4.79 Å². The average molecular weight is 394 g/mol. The number of fused-ring (bicyclic) bond motifs is 1. The van der Waals surface area contributed by atoms with Crippen LogP contribution in [0.5, 0.6) is 0 Å². The summed E-state index contributed by atoms with van der Waals surface area (Å²) in [5.74, 6) is 0.432. The minimum absolute atomic E-state index is 0.0709. The molecule has 0 atom stereocenters. The standard InChI is InChI=1S/C19H27N3O2S2/c1-5-21(6-2)15(23)11-25-19-20-17-16(12(3)13(4)26-17)18(24)22(19)14-9-7-8-10-14/h14H,5-11H2,1-4H3. The maximum absolute atomic E-state index is 13.3. The van der Waals surface area contributed by atoms with E-state index in [-0.39, 0.29) is 17.5 Å². The number of nitrogens with zero attached hydrogens (tertiary/aromatic N) is 3. The van der Waals surface area contributed by atoms with Gasteiger partial charge in [-0.25, -0.2) is 4.98 Å². The van der Waals surface area contributed by atoms with E-state index >= 15 is 0 Å². The fourth-order valence-corrected chi connectivity index (χ4v) is 5.71. The lowest BCUT2D eigenvalue weighted by molar-refractivity contribution is -0.127. The molecule has 0 bridgehead atoms. The minimum Gasteiger partial charge on any atom is -0.343 e. The van der Waals surface area contributed by atoms with Gasteiger partial charge in [-0.2, -0.15) is 0 Å². The van der Waals surface area contributed by atoms with E-state index in [1.54, 1.807) is 11.3 Å². The molecular weight excluding hydrogens is 366 g/mol. The fraction of sp³-hybridized carbons (Fsp3) is 0.632. The Morgan fingerprint density at radius 3 is 2.54 bits per heavy atom. The van der Waals surface area contributed by atoms with Crippen molar-refractivity contribution in [2.24, 2.45) is 0 Å². The Hall–Kier alpha value is -1.34. The van der Waals surface area contributed by atoms with E-state index in [1.165, 1.54) is 11.8 Å². The number of hydrogen-bond acceptors (Lipinski definition) is 5. The summed E-state index contributed by atoms with van der Waals surface area (Å²) >= 11 is 2.99. The zero-order valence-corrected chi connectivity index (χ0v) is 17.6. The second-order valence-electron chi connectivity index (χ2n) is 6.83. The summed E-state index contributed by atoms with van der Waals surface area (Å²) in [6, 6.07) is 0.213. The molecule has 3 rings (SSSR count). The molecule has 0 radical (unpaired) electrons. The Bertz CT molecular complexity index is 862. The Labute approximate surface area is 162 Å². The summed E-state index contributed by atoms with van der Waals surface area (Å²) in [7, 11) is 0. The van der Waals surface area contributed by atoms with E-state index in [0.717, 1.165) is 46.3 Å². The highest BCUT2D eigenvalue weighted by Gasteiger charge is 2.25. The van der Waals surface area contributed by atoms with Gasteiger partial charge in [0.15, 0.2) is 5.16 Å². The lowest BCUT2D eigenvalue weighted by Crippen LogP contribution is -2.32. The molecule has 0 unspecified atom stereocenters. The number of aromatic nitrogens is 2. The van der Waals surface area contributed by atoms with Gasteiger partial charge < -0.3 is 4.90 Å². The van der Waals surface area contributed by atoms with Crippen molar-refractivity contribution >= 4 is 39.2 Å². The topological polar surface area (TPSA) is 55.2 Å². The van der Waals surface area contributed by atoms with Crippen LogP contribution in [0.1, 0.15) is 56.0 Å². The SMILES string of the molecule is CCN(CC)C(=O)CSc1nc2sc(C)c(C)c2c(=O)n1C1CCCC1. The van der Waals surface area contributed by atoms with Crippen molar-refractivity contribution in [3.8, 4) is 0 Å². The second-order valence-corrected chi connectivity index (χ2v) is 8.97. The molecule has 1 amide bonds. The monoisotopic (exact) mass is 393 g/mol.